The summed E-state index contributed by atoms with van der Waals surface area (Å²) >= 11 is 0. The number of hydrogen-bond acceptors (Lipinski definition) is 3. The van der Waals surface area contributed by atoms with Gasteiger partial charge in [-0.3, -0.25) is 4.79 Å². The fourth-order valence-electron chi connectivity index (χ4n) is 2.24. The minimum atomic E-state index is -0.178. The predicted molar refractivity (Wildman–Crippen MR) is 84.4 cm³/mol. The van der Waals surface area contributed by atoms with Crippen LogP contribution in [-0.4, -0.2) is 12.5 Å². The smallest absolute Gasteiger partial charge is 0.262 e. The third-order valence-corrected chi connectivity index (χ3v) is 3.16. The first kappa shape index (κ1) is 15.1. The zero-order valence-electron chi connectivity index (χ0n) is 12.3. The summed E-state index contributed by atoms with van der Waals surface area (Å²) in [7, 11) is 0. The zero-order chi connectivity index (χ0) is 15.2. The van der Waals surface area contributed by atoms with Gasteiger partial charge in [-0.2, -0.15) is 0 Å². The number of ether oxygens (including phenoxy) is 1. The van der Waals surface area contributed by atoms with Crippen molar-refractivity contribution >= 4 is 11.6 Å². The lowest BCUT2D eigenvalue weighted by atomic mass is 10.1. The van der Waals surface area contributed by atoms with E-state index in [1.165, 1.54) is 0 Å². The molecule has 0 heterocycles. The average Bonchev–Trinajstić information content (AvgIpc) is 2.47. The molecule has 3 N–H and O–H groups in total. The number of anilines is 1. The van der Waals surface area contributed by atoms with Crippen molar-refractivity contribution in [3.8, 4) is 5.75 Å². The highest BCUT2D eigenvalue weighted by molar-refractivity contribution is 5.91. The molecule has 0 aliphatic rings. The fraction of sp³-hybridized carbons (Fsp3) is 0.235. The van der Waals surface area contributed by atoms with E-state index in [9.17, 15) is 4.79 Å². The minimum absolute atomic E-state index is 0.0153. The predicted octanol–water partition coefficient (Wildman–Crippen LogP) is 2.78. The summed E-state index contributed by atoms with van der Waals surface area (Å²) in [4.78, 5) is 11.9. The number of amides is 1. The van der Waals surface area contributed by atoms with Crippen molar-refractivity contribution in [2.75, 3.05) is 11.9 Å². The Morgan fingerprint density at radius 1 is 1.14 bits per heavy atom. The molecule has 0 aliphatic heterocycles. The highest BCUT2D eigenvalue weighted by Crippen LogP contribution is 2.24. The SMILES string of the molecule is Cc1cc(CN)cc(C)c1OCC(=O)Nc1ccccc1. The quantitative estimate of drug-likeness (QED) is 0.887. The molecule has 21 heavy (non-hydrogen) atoms. The van der Waals surface area contributed by atoms with Crippen LogP contribution < -0.4 is 15.8 Å². The molecule has 110 valence electrons. The van der Waals surface area contributed by atoms with Gasteiger partial charge in [-0.15, -0.1) is 0 Å². The molecule has 0 atom stereocenters. The molecule has 4 nitrogen and oxygen atoms in total. The van der Waals surface area contributed by atoms with Crippen LogP contribution in [0, 0.1) is 13.8 Å². The van der Waals surface area contributed by atoms with Crippen LogP contribution in [0.25, 0.3) is 0 Å². The van der Waals surface area contributed by atoms with Gasteiger partial charge in [0.25, 0.3) is 5.91 Å². The molecular weight excluding hydrogens is 264 g/mol. The van der Waals surface area contributed by atoms with Gasteiger partial charge in [0.15, 0.2) is 6.61 Å². The first-order valence-electron chi connectivity index (χ1n) is 6.88. The number of aryl methyl sites for hydroxylation is 2. The van der Waals surface area contributed by atoms with Crippen LogP contribution in [0.5, 0.6) is 5.75 Å². The lowest BCUT2D eigenvalue weighted by Crippen LogP contribution is -2.20. The summed E-state index contributed by atoms with van der Waals surface area (Å²) in [6.07, 6.45) is 0. The normalized spacial score (nSPS) is 10.2. The third-order valence-electron chi connectivity index (χ3n) is 3.16. The summed E-state index contributed by atoms with van der Waals surface area (Å²) < 4.78 is 5.65. The Morgan fingerprint density at radius 2 is 1.76 bits per heavy atom. The first-order chi connectivity index (χ1) is 10.1. The number of nitrogens with two attached hydrogens (primary N) is 1. The van der Waals surface area contributed by atoms with Gasteiger partial charge in [-0.25, -0.2) is 0 Å². The molecular formula is C17H20N2O2. The van der Waals surface area contributed by atoms with Crippen LogP contribution in [0.4, 0.5) is 5.69 Å². The van der Waals surface area contributed by atoms with Crippen molar-refractivity contribution in [1.82, 2.24) is 0 Å². The van der Waals surface area contributed by atoms with Gasteiger partial charge < -0.3 is 15.8 Å². The largest absolute Gasteiger partial charge is 0.483 e. The molecule has 2 rings (SSSR count). The molecule has 0 radical (unpaired) electrons. The van der Waals surface area contributed by atoms with Crippen molar-refractivity contribution in [2.24, 2.45) is 5.73 Å². The van der Waals surface area contributed by atoms with E-state index in [2.05, 4.69) is 5.32 Å². The van der Waals surface area contributed by atoms with E-state index in [4.69, 9.17) is 10.5 Å². The van der Waals surface area contributed by atoms with Gasteiger partial charge in [-0.05, 0) is 42.7 Å². The maximum Gasteiger partial charge on any atom is 0.262 e. The number of hydrogen-bond donors (Lipinski definition) is 2. The zero-order valence-corrected chi connectivity index (χ0v) is 12.3. The van der Waals surface area contributed by atoms with Gasteiger partial charge >= 0.3 is 0 Å². The molecule has 0 fully saturated rings. The second-order valence-electron chi connectivity index (χ2n) is 4.97. The Hall–Kier alpha value is -2.33. The third kappa shape index (κ3) is 4.07. The van der Waals surface area contributed by atoms with Gasteiger partial charge in [0.1, 0.15) is 5.75 Å². The molecule has 4 heteroatoms. The van der Waals surface area contributed by atoms with Crippen molar-refractivity contribution in [1.29, 1.82) is 0 Å². The Balaban J connectivity index is 1.98. The van der Waals surface area contributed by atoms with Crippen molar-refractivity contribution in [3.05, 3.63) is 59.2 Å². The van der Waals surface area contributed by atoms with Crippen LogP contribution in [-0.2, 0) is 11.3 Å². The highest BCUT2D eigenvalue weighted by Gasteiger charge is 2.09. The van der Waals surface area contributed by atoms with E-state index in [0.29, 0.717) is 6.54 Å². The molecule has 0 saturated carbocycles. The summed E-state index contributed by atoms with van der Waals surface area (Å²) in [5.74, 6) is 0.568. The van der Waals surface area contributed by atoms with Crippen molar-refractivity contribution in [3.63, 3.8) is 0 Å². The topological polar surface area (TPSA) is 64.3 Å². The van der Waals surface area contributed by atoms with Gasteiger partial charge in [-0.1, -0.05) is 30.3 Å². The number of carbonyl (C=O) groups excluding carboxylic acids is 1. The molecule has 0 aliphatic carbocycles. The Kier molecular flexibility index (Phi) is 4.95. The van der Waals surface area contributed by atoms with E-state index in [1.807, 2.05) is 56.3 Å². The number of benzene rings is 2. The molecule has 0 saturated heterocycles. The molecule has 2 aromatic carbocycles. The average molecular weight is 284 g/mol. The number of nitrogens with one attached hydrogen (secondary N) is 1. The van der Waals surface area contributed by atoms with E-state index in [1.54, 1.807) is 0 Å². The Morgan fingerprint density at radius 3 is 2.33 bits per heavy atom. The molecule has 0 bridgehead atoms. The van der Waals surface area contributed by atoms with Crippen LogP contribution >= 0.6 is 0 Å². The molecule has 0 unspecified atom stereocenters. The number of rotatable bonds is 5. The molecule has 0 spiro atoms. The lowest BCUT2D eigenvalue weighted by molar-refractivity contribution is -0.118. The van der Waals surface area contributed by atoms with Crippen LogP contribution in [0.2, 0.25) is 0 Å². The lowest BCUT2D eigenvalue weighted by Gasteiger charge is -2.13. The molecule has 2 aromatic rings. The maximum atomic E-state index is 11.9. The van der Waals surface area contributed by atoms with E-state index in [-0.39, 0.29) is 12.5 Å². The van der Waals surface area contributed by atoms with Gasteiger partial charge in [0.2, 0.25) is 0 Å². The van der Waals surface area contributed by atoms with Gasteiger partial charge in [0, 0.05) is 12.2 Å². The van der Waals surface area contributed by atoms with Gasteiger partial charge in [0.05, 0.1) is 0 Å². The number of para-hydroxylation sites is 1. The summed E-state index contributed by atoms with van der Waals surface area (Å²) in [6.45, 7) is 4.39. The van der Waals surface area contributed by atoms with E-state index >= 15 is 0 Å². The molecule has 1 amide bonds. The van der Waals surface area contributed by atoms with E-state index in [0.717, 1.165) is 28.1 Å². The highest BCUT2D eigenvalue weighted by atomic mass is 16.5. The van der Waals surface area contributed by atoms with E-state index < -0.39 is 0 Å². The second-order valence-corrected chi connectivity index (χ2v) is 4.97. The van der Waals surface area contributed by atoms with Crippen LogP contribution in [0.1, 0.15) is 16.7 Å². The summed E-state index contributed by atoms with van der Waals surface area (Å²) in [5.41, 5.74) is 9.44. The van der Waals surface area contributed by atoms with Crippen LogP contribution in [0.15, 0.2) is 42.5 Å². The van der Waals surface area contributed by atoms with Crippen molar-refractivity contribution < 1.29 is 9.53 Å². The Labute approximate surface area is 124 Å². The van der Waals surface area contributed by atoms with Crippen LogP contribution in [0.3, 0.4) is 0 Å². The fourth-order valence-corrected chi connectivity index (χ4v) is 2.24. The first-order valence-corrected chi connectivity index (χ1v) is 6.88. The Bertz CT molecular complexity index is 601. The monoisotopic (exact) mass is 284 g/mol. The summed E-state index contributed by atoms with van der Waals surface area (Å²) in [6, 6.07) is 13.3. The minimum Gasteiger partial charge on any atom is -0.483 e. The standard InChI is InChI=1S/C17H20N2O2/c1-12-8-14(10-18)9-13(2)17(12)21-11-16(20)19-15-6-4-3-5-7-15/h3-9H,10-11,18H2,1-2H3,(H,19,20). The maximum absolute atomic E-state index is 11.9. The molecule has 0 aromatic heterocycles. The van der Waals surface area contributed by atoms with Crippen molar-refractivity contribution in [2.45, 2.75) is 20.4 Å². The second kappa shape index (κ2) is 6.90. The summed E-state index contributed by atoms with van der Waals surface area (Å²) in [5, 5.41) is 2.79. The number of carbonyl (C=O) groups is 1.